The molecule has 0 saturated carbocycles. The molecule has 0 fully saturated rings. The van der Waals surface area contributed by atoms with Crippen LogP contribution in [0.25, 0.3) is 6.08 Å². The maximum atomic E-state index is 10.9. The standard InChI is InChI=1S/C13H13BrO4/c1-9(15)17-13(18-10(2)16)8-7-11-5-3-4-6-12(11)14/h3-8,13H,1-2H3. The van der Waals surface area contributed by atoms with Crippen molar-refractivity contribution in [2.45, 2.75) is 20.1 Å². The quantitative estimate of drug-likeness (QED) is 0.633. The van der Waals surface area contributed by atoms with Crippen LogP contribution < -0.4 is 0 Å². The molecule has 18 heavy (non-hydrogen) atoms. The summed E-state index contributed by atoms with van der Waals surface area (Å²) >= 11 is 3.38. The lowest BCUT2D eigenvalue weighted by molar-refractivity contribution is -0.176. The van der Waals surface area contributed by atoms with E-state index in [4.69, 9.17) is 9.47 Å². The van der Waals surface area contributed by atoms with Crippen LogP contribution in [-0.4, -0.2) is 18.2 Å². The van der Waals surface area contributed by atoms with Gasteiger partial charge in [0.25, 0.3) is 6.29 Å². The van der Waals surface area contributed by atoms with Gasteiger partial charge in [-0.3, -0.25) is 9.59 Å². The van der Waals surface area contributed by atoms with E-state index < -0.39 is 18.2 Å². The molecule has 0 aliphatic rings. The van der Waals surface area contributed by atoms with E-state index >= 15 is 0 Å². The molecular weight excluding hydrogens is 300 g/mol. The van der Waals surface area contributed by atoms with E-state index in [1.165, 1.54) is 19.9 Å². The zero-order valence-corrected chi connectivity index (χ0v) is 11.6. The Morgan fingerprint density at radius 1 is 1.17 bits per heavy atom. The van der Waals surface area contributed by atoms with Gasteiger partial charge in [-0.05, 0) is 17.7 Å². The average Bonchev–Trinajstić information content (AvgIpc) is 2.26. The molecule has 0 bridgehead atoms. The van der Waals surface area contributed by atoms with Crippen molar-refractivity contribution in [2.24, 2.45) is 0 Å². The molecule has 5 heteroatoms. The highest BCUT2D eigenvalue weighted by Gasteiger charge is 2.11. The molecule has 1 aromatic carbocycles. The number of hydrogen-bond acceptors (Lipinski definition) is 4. The van der Waals surface area contributed by atoms with Gasteiger partial charge in [-0.15, -0.1) is 0 Å². The summed E-state index contributed by atoms with van der Waals surface area (Å²) < 4.78 is 10.6. The van der Waals surface area contributed by atoms with Crippen molar-refractivity contribution in [1.82, 2.24) is 0 Å². The second-order valence-electron chi connectivity index (χ2n) is 3.47. The van der Waals surface area contributed by atoms with Crippen molar-refractivity contribution in [3.63, 3.8) is 0 Å². The summed E-state index contributed by atoms with van der Waals surface area (Å²) in [4.78, 5) is 21.7. The third-order valence-electron chi connectivity index (χ3n) is 1.90. The molecule has 0 aliphatic heterocycles. The number of rotatable bonds is 4. The minimum atomic E-state index is -1.01. The number of esters is 2. The smallest absolute Gasteiger partial charge is 0.305 e. The summed E-state index contributed by atoms with van der Waals surface area (Å²) in [5.41, 5.74) is 0.891. The molecule has 0 saturated heterocycles. The fourth-order valence-electron chi connectivity index (χ4n) is 1.22. The predicted octanol–water partition coefficient (Wildman–Crippen LogP) is 2.91. The summed E-state index contributed by atoms with van der Waals surface area (Å²) in [6, 6.07) is 7.51. The van der Waals surface area contributed by atoms with Gasteiger partial charge in [-0.1, -0.05) is 40.2 Å². The number of carbonyl (C=O) groups is 2. The lowest BCUT2D eigenvalue weighted by Crippen LogP contribution is -2.19. The highest BCUT2D eigenvalue weighted by molar-refractivity contribution is 9.10. The largest absolute Gasteiger partial charge is 0.421 e. The number of hydrogen-bond donors (Lipinski definition) is 0. The Morgan fingerprint density at radius 2 is 1.72 bits per heavy atom. The molecule has 0 unspecified atom stereocenters. The molecule has 1 aromatic rings. The highest BCUT2D eigenvalue weighted by Crippen LogP contribution is 2.17. The molecular formula is C13H13BrO4. The lowest BCUT2D eigenvalue weighted by Gasteiger charge is -2.12. The fourth-order valence-corrected chi connectivity index (χ4v) is 1.64. The molecule has 0 amide bonds. The Bertz CT molecular complexity index is 452. The molecule has 0 spiro atoms. The van der Waals surface area contributed by atoms with E-state index in [0.717, 1.165) is 10.0 Å². The average molecular weight is 313 g/mol. The number of benzene rings is 1. The summed E-state index contributed by atoms with van der Waals surface area (Å²) in [5.74, 6) is -1.03. The summed E-state index contributed by atoms with van der Waals surface area (Å²) in [5, 5.41) is 0. The highest BCUT2D eigenvalue weighted by atomic mass is 79.9. The van der Waals surface area contributed by atoms with E-state index in [2.05, 4.69) is 15.9 Å². The summed E-state index contributed by atoms with van der Waals surface area (Å²) in [6.45, 7) is 2.51. The fraction of sp³-hybridized carbons (Fsp3) is 0.231. The van der Waals surface area contributed by atoms with Crippen LogP contribution in [0.1, 0.15) is 19.4 Å². The van der Waals surface area contributed by atoms with Crippen molar-refractivity contribution < 1.29 is 19.1 Å². The Morgan fingerprint density at radius 3 is 2.22 bits per heavy atom. The topological polar surface area (TPSA) is 52.6 Å². The van der Waals surface area contributed by atoms with Crippen molar-refractivity contribution in [3.05, 3.63) is 40.4 Å². The second kappa shape index (κ2) is 6.96. The SMILES string of the molecule is CC(=O)OC(C=Cc1ccccc1Br)OC(C)=O. The number of carbonyl (C=O) groups excluding carboxylic acids is 2. The van der Waals surface area contributed by atoms with Gasteiger partial charge in [0.2, 0.25) is 0 Å². The van der Waals surface area contributed by atoms with E-state index in [1.54, 1.807) is 6.08 Å². The van der Waals surface area contributed by atoms with E-state index in [-0.39, 0.29) is 0 Å². The Kier molecular flexibility index (Phi) is 5.58. The Labute approximate surface area is 114 Å². The number of halogens is 1. The second-order valence-corrected chi connectivity index (χ2v) is 4.32. The Balaban J connectivity index is 2.79. The maximum Gasteiger partial charge on any atom is 0.305 e. The molecule has 96 valence electrons. The van der Waals surface area contributed by atoms with Gasteiger partial charge in [0.1, 0.15) is 0 Å². The molecule has 0 aliphatic carbocycles. The zero-order valence-electron chi connectivity index (χ0n) is 10.1. The van der Waals surface area contributed by atoms with Gasteiger partial charge in [-0.25, -0.2) is 0 Å². The van der Waals surface area contributed by atoms with Crippen molar-refractivity contribution in [3.8, 4) is 0 Å². The van der Waals surface area contributed by atoms with Crippen LogP contribution in [0.2, 0.25) is 0 Å². The van der Waals surface area contributed by atoms with Gasteiger partial charge in [0.05, 0.1) is 0 Å². The van der Waals surface area contributed by atoms with Crippen molar-refractivity contribution in [1.29, 1.82) is 0 Å². The first-order chi connectivity index (χ1) is 8.49. The van der Waals surface area contributed by atoms with Crippen LogP contribution in [0.4, 0.5) is 0 Å². The zero-order chi connectivity index (χ0) is 13.5. The molecule has 0 N–H and O–H groups in total. The third kappa shape index (κ3) is 5.14. The molecule has 0 heterocycles. The first-order valence-corrected chi connectivity index (χ1v) is 6.05. The Hall–Kier alpha value is -1.62. The molecule has 0 atom stereocenters. The van der Waals surface area contributed by atoms with Crippen LogP contribution >= 0.6 is 15.9 Å². The van der Waals surface area contributed by atoms with Crippen molar-refractivity contribution >= 4 is 33.9 Å². The predicted molar refractivity (Wildman–Crippen MR) is 70.5 cm³/mol. The molecule has 0 aromatic heterocycles. The van der Waals surface area contributed by atoms with Gasteiger partial charge in [-0.2, -0.15) is 0 Å². The molecule has 1 rings (SSSR count). The van der Waals surface area contributed by atoms with Crippen LogP contribution in [0.5, 0.6) is 0 Å². The van der Waals surface area contributed by atoms with Crippen LogP contribution in [0.15, 0.2) is 34.8 Å². The van der Waals surface area contributed by atoms with Crippen LogP contribution in [0, 0.1) is 0 Å². The minimum Gasteiger partial charge on any atom is -0.421 e. The van der Waals surface area contributed by atoms with Crippen LogP contribution in [-0.2, 0) is 19.1 Å². The first kappa shape index (κ1) is 14.4. The molecule has 4 nitrogen and oxygen atoms in total. The summed E-state index contributed by atoms with van der Waals surface area (Å²) in [6.07, 6.45) is 2.20. The van der Waals surface area contributed by atoms with E-state index in [1.807, 2.05) is 24.3 Å². The van der Waals surface area contributed by atoms with Gasteiger partial charge >= 0.3 is 11.9 Å². The minimum absolute atomic E-state index is 0.516. The van der Waals surface area contributed by atoms with E-state index in [0.29, 0.717) is 0 Å². The van der Waals surface area contributed by atoms with Gasteiger partial charge in [0.15, 0.2) is 0 Å². The monoisotopic (exact) mass is 312 g/mol. The third-order valence-corrected chi connectivity index (χ3v) is 2.62. The van der Waals surface area contributed by atoms with Crippen LogP contribution in [0.3, 0.4) is 0 Å². The van der Waals surface area contributed by atoms with E-state index in [9.17, 15) is 9.59 Å². The van der Waals surface area contributed by atoms with Gasteiger partial charge in [0, 0.05) is 18.3 Å². The molecule has 0 radical (unpaired) electrons. The van der Waals surface area contributed by atoms with Crippen molar-refractivity contribution in [2.75, 3.05) is 0 Å². The maximum absolute atomic E-state index is 10.9. The first-order valence-electron chi connectivity index (χ1n) is 5.26. The lowest BCUT2D eigenvalue weighted by atomic mass is 10.2. The van der Waals surface area contributed by atoms with Gasteiger partial charge < -0.3 is 9.47 Å². The summed E-state index contributed by atoms with van der Waals surface area (Å²) in [7, 11) is 0. The normalized spacial score (nSPS) is 10.7. The number of ether oxygens (including phenoxy) is 2.